The average molecular weight is 427 g/mol. The van der Waals surface area contributed by atoms with Crippen molar-refractivity contribution < 1.29 is 18.0 Å². The van der Waals surface area contributed by atoms with Crippen LogP contribution in [-0.4, -0.2) is 29.0 Å². The summed E-state index contributed by atoms with van der Waals surface area (Å²) in [6.07, 6.45) is 6.44. The van der Waals surface area contributed by atoms with Crippen LogP contribution < -0.4 is 10.6 Å². The molecule has 2 aromatic rings. The number of fused-ring (bicyclic) bond motifs is 1. The number of nitrogens with one attached hydrogen (secondary N) is 2. The van der Waals surface area contributed by atoms with E-state index in [1.807, 2.05) is 30.4 Å². The molecule has 4 atom stereocenters. The molecule has 1 saturated heterocycles. The van der Waals surface area contributed by atoms with Gasteiger partial charge in [-0.25, -0.2) is 18.0 Å². The van der Waals surface area contributed by atoms with Gasteiger partial charge in [0.15, 0.2) is 0 Å². The number of alkyl halides is 2. The predicted molar refractivity (Wildman–Crippen MR) is 112 cm³/mol. The van der Waals surface area contributed by atoms with Crippen molar-refractivity contribution in [3.8, 4) is 11.1 Å². The minimum absolute atomic E-state index is 0.0303. The molecule has 5 rings (SSSR count). The van der Waals surface area contributed by atoms with Crippen molar-refractivity contribution in [2.24, 2.45) is 17.8 Å². The number of hydrogen-bond donors (Lipinski definition) is 2. The zero-order valence-corrected chi connectivity index (χ0v) is 17.0. The van der Waals surface area contributed by atoms with Gasteiger partial charge < -0.3 is 10.6 Å². The van der Waals surface area contributed by atoms with E-state index in [2.05, 4.69) is 15.6 Å². The highest BCUT2D eigenvalue weighted by molar-refractivity contribution is 5.78. The van der Waals surface area contributed by atoms with Gasteiger partial charge in [0.1, 0.15) is 5.82 Å². The third kappa shape index (κ3) is 3.82. The van der Waals surface area contributed by atoms with E-state index >= 15 is 0 Å². The topological polar surface area (TPSA) is 54.0 Å². The van der Waals surface area contributed by atoms with Crippen molar-refractivity contribution in [3.63, 3.8) is 0 Å². The molecule has 0 bridgehead atoms. The first-order valence-corrected chi connectivity index (χ1v) is 10.7. The van der Waals surface area contributed by atoms with Crippen molar-refractivity contribution >= 4 is 12.1 Å². The Hall–Kier alpha value is -2.83. The number of pyridine rings is 1. The number of urea groups is 1. The zero-order valence-electron chi connectivity index (χ0n) is 17.0. The summed E-state index contributed by atoms with van der Waals surface area (Å²) in [5.41, 5.74) is 1.78. The van der Waals surface area contributed by atoms with E-state index in [1.54, 1.807) is 12.3 Å². The molecular weight excluding hydrogens is 403 g/mol. The molecule has 3 fully saturated rings. The van der Waals surface area contributed by atoms with E-state index in [0.717, 1.165) is 16.8 Å². The minimum Gasteiger partial charge on any atom is -0.336 e. The number of halogens is 3. The summed E-state index contributed by atoms with van der Waals surface area (Å²) in [5, 5.41) is 5.86. The van der Waals surface area contributed by atoms with Crippen molar-refractivity contribution in [2.45, 2.75) is 37.1 Å². The molecule has 7 heteroatoms. The highest BCUT2D eigenvalue weighted by atomic mass is 19.3. The molecule has 31 heavy (non-hydrogen) atoms. The van der Waals surface area contributed by atoms with Gasteiger partial charge in [-0.3, -0.25) is 4.98 Å². The third-order valence-corrected chi connectivity index (χ3v) is 7.08. The second kappa shape index (κ2) is 7.39. The predicted octanol–water partition coefficient (Wildman–Crippen LogP) is 5.02. The van der Waals surface area contributed by atoms with Crippen LogP contribution in [0.5, 0.6) is 0 Å². The zero-order chi connectivity index (χ0) is 21.6. The van der Waals surface area contributed by atoms with Crippen LogP contribution in [0.15, 0.2) is 48.7 Å². The van der Waals surface area contributed by atoms with Crippen LogP contribution in [0, 0.1) is 23.6 Å². The largest absolute Gasteiger partial charge is 0.336 e. The molecule has 2 saturated carbocycles. The van der Waals surface area contributed by atoms with Crippen molar-refractivity contribution in [3.05, 3.63) is 60.2 Å². The first kappa shape index (κ1) is 20.1. The lowest BCUT2D eigenvalue weighted by Crippen LogP contribution is -2.47. The Morgan fingerprint density at radius 1 is 1.13 bits per heavy atom. The summed E-state index contributed by atoms with van der Waals surface area (Å²) < 4.78 is 41.5. The highest BCUT2D eigenvalue weighted by Crippen LogP contribution is 2.55. The number of benzene rings is 1. The Morgan fingerprint density at radius 2 is 2.00 bits per heavy atom. The number of amides is 2. The van der Waals surface area contributed by atoms with Gasteiger partial charge in [-0.15, -0.1) is 0 Å². The standard InChI is InChI=1S/C24H24F3N3O/c25-18-3-1-2-15(10-18)16-4-5-19(28-13-16)6-7-21-20-8-9-24(26,27)12-17(20)11-23(21)14-29-22(31)30-23/h1-7,10,13,17,20-21H,8-9,11-12,14H2,(H2,29,30,31)/t17-,20+,21-,23?/m0/s1. The lowest BCUT2D eigenvalue weighted by atomic mass is 9.75. The summed E-state index contributed by atoms with van der Waals surface area (Å²) in [5.74, 6) is -2.94. The van der Waals surface area contributed by atoms with Crippen LogP contribution in [-0.2, 0) is 0 Å². The van der Waals surface area contributed by atoms with Gasteiger partial charge in [0.05, 0.1) is 11.2 Å². The Kier molecular flexibility index (Phi) is 4.79. The van der Waals surface area contributed by atoms with Gasteiger partial charge in [-0.1, -0.05) is 24.3 Å². The molecule has 4 nitrogen and oxygen atoms in total. The van der Waals surface area contributed by atoms with Gasteiger partial charge in [-0.2, -0.15) is 0 Å². The number of hydrogen-bond acceptors (Lipinski definition) is 2. The fourth-order valence-electron chi connectivity index (χ4n) is 5.71. The first-order valence-electron chi connectivity index (χ1n) is 10.7. The lowest BCUT2D eigenvalue weighted by molar-refractivity contribution is -0.0659. The second-order valence-electron chi connectivity index (χ2n) is 9.06. The molecule has 0 radical (unpaired) electrons. The maximum atomic E-state index is 14.0. The van der Waals surface area contributed by atoms with E-state index in [1.165, 1.54) is 12.1 Å². The summed E-state index contributed by atoms with van der Waals surface area (Å²) in [4.78, 5) is 16.4. The van der Waals surface area contributed by atoms with E-state index in [0.29, 0.717) is 19.4 Å². The molecule has 1 aromatic carbocycles. The summed E-state index contributed by atoms with van der Waals surface area (Å²) >= 11 is 0. The molecule has 1 aliphatic heterocycles. The number of rotatable bonds is 3. The molecular formula is C24H24F3N3O. The quantitative estimate of drug-likeness (QED) is 0.722. The maximum Gasteiger partial charge on any atom is 0.315 e. The summed E-state index contributed by atoms with van der Waals surface area (Å²) in [6, 6.07) is 9.85. The number of carbonyl (C=O) groups is 1. The van der Waals surface area contributed by atoms with Gasteiger partial charge in [0.25, 0.3) is 0 Å². The van der Waals surface area contributed by atoms with Crippen LogP contribution in [0.25, 0.3) is 17.2 Å². The molecule has 2 amide bonds. The second-order valence-corrected chi connectivity index (χ2v) is 9.06. The monoisotopic (exact) mass is 427 g/mol. The average Bonchev–Trinajstić information content (AvgIpc) is 3.24. The van der Waals surface area contributed by atoms with Gasteiger partial charge >= 0.3 is 6.03 Å². The van der Waals surface area contributed by atoms with E-state index in [4.69, 9.17) is 0 Å². The van der Waals surface area contributed by atoms with Crippen LogP contribution in [0.2, 0.25) is 0 Å². The van der Waals surface area contributed by atoms with Gasteiger partial charge in [0, 0.05) is 37.1 Å². The van der Waals surface area contributed by atoms with Crippen molar-refractivity contribution in [1.82, 2.24) is 15.6 Å². The van der Waals surface area contributed by atoms with Crippen LogP contribution in [0.3, 0.4) is 0 Å². The normalized spacial score (nSPS) is 31.6. The molecule has 2 heterocycles. The maximum absolute atomic E-state index is 14.0. The molecule has 3 aliphatic rings. The molecule has 162 valence electrons. The number of nitrogens with zero attached hydrogens (tertiary/aromatic N) is 1. The summed E-state index contributed by atoms with van der Waals surface area (Å²) in [7, 11) is 0. The lowest BCUT2D eigenvalue weighted by Gasteiger charge is -2.34. The van der Waals surface area contributed by atoms with Gasteiger partial charge in [-0.05, 0) is 54.5 Å². The summed E-state index contributed by atoms with van der Waals surface area (Å²) in [6.45, 7) is 0.450. The minimum atomic E-state index is -2.62. The smallest absolute Gasteiger partial charge is 0.315 e. The third-order valence-electron chi connectivity index (χ3n) is 7.08. The van der Waals surface area contributed by atoms with Crippen LogP contribution in [0.1, 0.15) is 31.4 Å². The fraction of sp³-hybridized carbons (Fsp3) is 0.417. The van der Waals surface area contributed by atoms with E-state index in [-0.39, 0.29) is 42.4 Å². The van der Waals surface area contributed by atoms with Crippen molar-refractivity contribution in [1.29, 1.82) is 0 Å². The van der Waals surface area contributed by atoms with E-state index in [9.17, 15) is 18.0 Å². The molecule has 1 unspecified atom stereocenters. The Balaban J connectivity index is 1.39. The first-order chi connectivity index (χ1) is 14.8. The molecule has 1 spiro atoms. The fourth-order valence-corrected chi connectivity index (χ4v) is 5.71. The van der Waals surface area contributed by atoms with Gasteiger partial charge in [0.2, 0.25) is 5.92 Å². The number of aromatic nitrogens is 1. The highest BCUT2D eigenvalue weighted by Gasteiger charge is 2.58. The molecule has 1 aromatic heterocycles. The number of carbonyl (C=O) groups excluding carboxylic acids is 1. The molecule has 2 N–H and O–H groups in total. The molecule has 2 aliphatic carbocycles. The Bertz CT molecular complexity index is 1020. The SMILES string of the molecule is O=C1NCC2(C[C@H]3CC(F)(F)CC[C@H]3[C@@H]2C=Cc2ccc(-c3cccc(F)c3)cn2)N1. The van der Waals surface area contributed by atoms with Crippen LogP contribution in [0.4, 0.5) is 18.0 Å². The van der Waals surface area contributed by atoms with E-state index < -0.39 is 11.5 Å². The Labute approximate surface area is 179 Å². The Morgan fingerprint density at radius 3 is 2.71 bits per heavy atom. The van der Waals surface area contributed by atoms with Crippen LogP contribution >= 0.6 is 0 Å². The van der Waals surface area contributed by atoms with Crippen molar-refractivity contribution in [2.75, 3.05) is 6.54 Å².